The van der Waals surface area contributed by atoms with Gasteiger partial charge in [0.15, 0.2) is 0 Å². The van der Waals surface area contributed by atoms with Crippen LogP contribution in [0.2, 0.25) is 5.02 Å². The van der Waals surface area contributed by atoms with E-state index in [-0.39, 0.29) is 23.8 Å². The van der Waals surface area contributed by atoms with Gasteiger partial charge < -0.3 is 10.6 Å². The predicted octanol–water partition coefficient (Wildman–Crippen LogP) is 4.86. The fourth-order valence-corrected chi connectivity index (χ4v) is 6.81. The van der Waals surface area contributed by atoms with E-state index in [4.69, 9.17) is 11.6 Å². The molecule has 0 radical (unpaired) electrons. The summed E-state index contributed by atoms with van der Waals surface area (Å²) in [7, 11) is 0. The molecular weight excluding hydrogens is 500 g/mol. The Morgan fingerprint density at radius 3 is 2.79 bits per heavy atom. The minimum atomic E-state index is -0.397. The summed E-state index contributed by atoms with van der Waals surface area (Å²) < 4.78 is 2.06. The van der Waals surface area contributed by atoms with Crippen molar-refractivity contribution in [1.29, 1.82) is 0 Å². The van der Waals surface area contributed by atoms with Crippen LogP contribution in [0.25, 0.3) is 21.9 Å². The summed E-state index contributed by atoms with van der Waals surface area (Å²) in [4.78, 5) is 32.7. The first kappa shape index (κ1) is 23.4. The molecule has 1 saturated carbocycles. The van der Waals surface area contributed by atoms with E-state index in [2.05, 4.69) is 31.5 Å². The van der Waals surface area contributed by atoms with E-state index in [9.17, 15) is 9.59 Å². The molecule has 3 aliphatic rings. The first-order chi connectivity index (χ1) is 18.6. The van der Waals surface area contributed by atoms with E-state index >= 15 is 0 Å². The number of anilines is 1. The molecule has 2 N–H and O–H groups in total. The summed E-state index contributed by atoms with van der Waals surface area (Å²) in [5.74, 6) is -0.334. The number of nitrogens with zero attached hydrogens (tertiary/aromatic N) is 4. The molecule has 3 unspecified atom stereocenters. The molecule has 2 fully saturated rings. The smallest absolute Gasteiger partial charge is 0.329 e. The number of pyridine rings is 1. The number of imide groups is 1. The van der Waals surface area contributed by atoms with Gasteiger partial charge in [-0.25, -0.2) is 9.69 Å². The molecule has 2 aromatic carbocycles. The maximum atomic E-state index is 13.7. The molecule has 1 saturated heterocycles. The van der Waals surface area contributed by atoms with Crippen LogP contribution in [0.1, 0.15) is 36.4 Å². The average Bonchev–Trinajstić information content (AvgIpc) is 3.37. The van der Waals surface area contributed by atoms with Crippen LogP contribution in [0, 0.1) is 5.92 Å². The molecule has 4 heterocycles. The summed E-state index contributed by atoms with van der Waals surface area (Å²) in [6.45, 7) is 2.51. The van der Waals surface area contributed by atoms with E-state index in [1.54, 1.807) is 12.4 Å². The third-order valence-electron chi connectivity index (χ3n) is 8.28. The van der Waals surface area contributed by atoms with Crippen LogP contribution in [-0.4, -0.2) is 39.3 Å². The Hall–Kier alpha value is -3.75. The van der Waals surface area contributed by atoms with Gasteiger partial charge in [0.25, 0.3) is 0 Å². The fraction of sp³-hybridized carbons (Fsp3) is 0.310. The normalized spacial score (nSPS) is 23.2. The van der Waals surface area contributed by atoms with Crippen LogP contribution in [0.5, 0.6) is 0 Å². The highest BCUT2D eigenvalue weighted by Gasteiger charge is 2.46. The van der Waals surface area contributed by atoms with Crippen LogP contribution >= 0.6 is 11.6 Å². The third kappa shape index (κ3) is 3.70. The van der Waals surface area contributed by atoms with E-state index in [0.29, 0.717) is 23.6 Å². The third-order valence-corrected chi connectivity index (χ3v) is 8.61. The number of hydrogen-bond acceptors (Lipinski definition) is 5. The first-order valence-corrected chi connectivity index (χ1v) is 13.5. The Morgan fingerprint density at radius 1 is 0.974 bits per heavy atom. The van der Waals surface area contributed by atoms with Crippen molar-refractivity contribution in [3.63, 3.8) is 0 Å². The number of benzene rings is 2. The van der Waals surface area contributed by atoms with E-state index in [0.717, 1.165) is 59.2 Å². The molecule has 2 aliphatic heterocycles. The highest BCUT2D eigenvalue weighted by Crippen LogP contribution is 2.45. The van der Waals surface area contributed by atoms with Crippen molar-refractivity contribution >= 4 is 40.0 Å². The molecule has 2 aromatic heterocycles. The number of fused-ring (bicyclic) bond motifs is 3. The molecule has 38 heavy (non-hydrogen) atoms. The van der Waals surface area contributed by atoms with Crippen LogP contribution in [-0.2, 0) is 17.9 Å². The summed E-state index contributed by atoms with van der Waals surface area (Å²) >= 11 is 6.84. The fourth-order valence-electron chi connectivity index (χ4n) is 6.48. The molecule has 0 bridgehead atoms. The standard InChI is InChI=1S/C29H27ClN6O2/c30-23-7-3-6-20(22-14-33-35-11-10-31-15-25(22)35)27(23)17-8-9-21-24(12-17)34-29(38)36(28(21)37)26-16-32-13-18-4-1-2-5-19(18)26/h1-7,13-14,16-17,21,24,31H,8-12,15H2,(H,34,38). The van der Waals surface area contributed by atoms with Crippen LogP contribution in [0.4, 0.5) is 10.5 Å². The van der Waals surface area contributed by atoms with E-state index in [1.807, 2.05) is 42.6 Å². The number of carbonyl (C=O) groups is 2. The molecule has 9 heteroatoms. The molecule has 4 aromatic rings. The van der Waals surface area contributed by atoms with Gasteiger partial charge in [0.2, 0.25) is 5.91 Å². The average molecular weight is 527 g/mol. The van der Waals surface area contributed by atoms with Gasteiger partial charge in [-0.05, 0) is 42.4 Å². The highest BCUT2D eigenvalue weighted by molar-refractivity contribution is 6.32. The van der Waals surface area contributed by atoms with Crippen molar-refractivity contribution in [1.82, 2.24) is 25.4 Å². The van der Waals surface area contributed by atoms with Crippen molar-refractivity contribution in [2.24, 2.45) is 5.92 Å². The molecule has 1 aliphatic carbocycles. The molecule has 192 valence electrons. The number of amides is 3. The van der Waals surface area contributed by atoms with Crippen LogP contribution in [0.3, 0.4) is 0 Å². The minimum Gasteiger partial charge on any atom is -0.334 e. The lowest BCUT2D eigenvalue weighted by Gasteiger charge is -2.43. The van der Waals surface area contributed by atoms with E-state index in [1.165, 1.54) is 4.90 Å². The molecule has 7 rings (SSSR count). The zero-order valence-electron chi connectivity index (χ0n) is 20.7. The molecule has 3 atom stereocenters. The number of aromatic nitrogens is 3. The number of nitrogens with one attached hydrogen (secondary N) is 2. The lowest BCUT2D eigenvalue weighted by atomic mass is 9.72. The largest absolute Gasteiger partial charge is 0.334 e. The van der Waals surface area contributed by atoms with Crippen molar-refractivity contribution in [3.8, 4) is 11.1 Å². The summed E-state index contributed by atoms with van der Waals surface area (Å²) in [5, 5.41) is 13.6. The second-order valence-corrected chi connectivity index (χ2v) is 10.7. The maximum Gasteiger partial charge on any atom is 0.329 e. The summed E-state index contributed by atoms with van der Waals surface area (Å²) in [6, 6.07) is 13.0. The van der Waals surface area contributed by atoms with Gasteiger partial charge in [-0.1, -0.05) is 48.0 Å². The van der Waals surface area contributed by atoms with Crippen molar-refractivity contribution in [3.05, 3.63) is 77.3 Å². The lowest BCUT2D eigenvalue weighted by molar-refractivity contribution is -0.124. The molecule has 8 nitrogen and oxygen atoms in total. The number of hydrogen-bond donors (Lipinski definition) is 2. The summed E-state index contributed by atoms with van der Waals surface area (Å²) in [5.41, 5.74) is 4.95. The first-order valence-electron chi connectivity index (χ1n) is 13.1. The zero-order chi connectivity index (χ0) is 25.8. The number of rotatable bonds is 3. The molecular formula is C29H27ClN6O2. The van der Waals surface area contributed by atoms with Crippen molar-refractivity contribution in [2.45, 2.75) is 44.3 Å². The Bertz CT molecular complexity index is 1580. The van der Waals surface area contributed by atoms with Gasteiger partial charge in [-0.2, -0.15) is 5.10 Å². The predicted molar refractivity (Wildman–Crippen MR) is 146 cm³/mol. The number of carbonyl (C=O) groups excluding carboxylic acids is 2. The second-order valence-electron chi connectivity index (χ2n) is 10.3. The maximum absolute atomic E-state index is 13.7. The topological polar surface area (TPSA) is 92.2 Å². The monoisotopic (exact) mass is 526 g/mol. The van der Waals surface area contributed by atoms with Crippen LogP contribution in [0.15, 0.2) is 61.1 Å². The molecule has 0 spiro atoms. The Morgan fingerprint density at radius 2 is 1.87 bits per heavy atom. The van der Waals surface area contributed by atoms with Gasteiger partial charge in [-0.15, -0.1) is 0 Å². The van der Waals surface area contributed by atoms with Gasteiger partial charge >= 0.3 is 6.03 Å². The second kappa shape index (κ2) is 9.22. The van der Waals surface area contributed by atoms with Gasteiger partial charge in [-0.3, -0.25) is 14.5 Å². The summed E-state index contributed by atoms with van der Waals surface area (Å²) in [6.07, 6.45) is 7.41. The van der Waals surface area contributed by atoms with Gasteiger partial charge in [0.05, 0.1) is 36.2 Å². The Balaban J connectivity index is 1.20. The highest BCUT2D eigenvalue weighted by atomic mass is 35.5. The molecule has 3 amide bonds. The lowest BCUT2D eigenvalue weighted by Crippen LogP contribution is -2.61. The number of urea groups is 1. The SMILES string of the molecule is O=C1NC2CC(c3c(Cl)cccc3-c3cnn4c3CNCC4)CCC2C(=O)N1c1cncc2ccccc12. The number of halogens is 1. The minimum absolute atomic E-state index is 0.117. The Labute approximate surface area is 225 Å². The van der Waals surface area contributed by atoms with E-state index < -0.39 is 6.03 Å². The van der Waals surface area contributed by atoms with Crippen LogP contribution < -0.4 is 15.5 Å². The van der Waals surface area contributed by atoms with Crippen molar-refractivity contribution < 1.29 is 9.59 Å². The van der Waals surface area contributed by atoms with Gasteiger partial charge in [0, 0.05) is 46.7 Å². The Kier molecular flexibility index (Phi) is 5.67. The quantitative estimate of drug-likeness (QED) is 0.397. The zero-order valence-corrected chi connectivity index (χ0v) is 21.5. The van der Waals surface area contributed by atoms with Gasteiger partial charge in [0.1, 0.15) is 0 Å². The van der Waals surface area contributed by atoms with Crippen molar-refractivity contribution in [2.75, 3.05) is 11.4 Å².